The van der Waals surface area contributed by atoms with E-state index in [2.05, 4.69) is 30.0 Å². The van der Waals surface area contributed by atoms with Crippen LogP contribution < -0.4 is 0 Å². The van der Waals surface area contributed by atoms with Crippen LogP contribution in [-0.2, 0) is 0 Å². The molecular weight excluding hydrogens is 187 g/mol. The van der Waals surface area contributed by atoms with Crippen LogP contribution in [0.25, 0.3) is 0 Å². The highest BCUT2D eigenvalue weighted by Crippen LogP contribution is 2.37. The van der Waals surface area contributed by atoms with Crippen molar-refractivity contribution in [2.75, 3.05) is 0 Å². The maximum atomic E-state index is 3.04. The van der Waals surface area contributed by atoms with Gasteiger partial charge in [0.05, 0.1) is 0 Å². The molecule has 1 rings (SSSR count). The van der Waals surface area contributed by atoms with Crippen molar-refractivity contribution in [2.45, 2.75) is 45.7 Å². The molecule has 0 aromatic carbocycles. The van der Waals surface area contributed by atoms with E-state index in [1.165, 1.54) is 19.3 Å². The third-order valence-electron chi connectivity index (χ3n) is 3.07. The Morgan fingerprint density at radius 3 is 2.25 bits per heavy atom. The van der Waals surface area contributed by atoms with Crippen LogP contribution in [0.15, 0.2) is 0 Å². The fourth-order valence-electron chi connectivity index (χ4n) is 2.28. The van der Waals surface area contributed by atoms with Gasteiger partial charge in [-0.1, -0.05) is 27.2 Å². The zero-order chi connectivity index (χ0) is 8.43. The average molecular weight is 209 g/mol. The van der Waals surface area contributed by atoms with Gasteiger partial charge in [-0.15, -0.1) is 21.6 Å². The summed E-state index contributed by atoms with van der Waals surface area (Å²) in [5, 5.41) is 0. The summed E-state index contributed by atoms with van der Waals surface area (Å²) in [6, 6.07) is 0. The number of hydrogen-bond donors (Lipinski definition) is 0. The Morgan fingerprint density at radius 2 is 1.83 bits per heavy atom. The fourth-order valence-corrected chi connectivity index (χ4v) is 3.38. The van der Waals surface area contributed by atoms with Crippen LogP contribution in [0.5, 0.6) is 0 Å². The molecule has 0 aromatic heterocycles. The molecule has 0 N–H and O–H groups in total. The first-order valence-electron chi connectivity index (χ1n) is 4.87. The van der Waals surface area contributed by atoms with Crippen molar-refractivity contribution in [3.63, 3.8) is 0 Å². The summed E-state index contributed by atoms with van der Waals surface area (Å²) in [5.74, 6) is 2.81. The van der Waals surface area contributed by atoms with Crippen molar-refractivity contribution in [3.05, 3.63) is 0 Å². The predicted molar refractivity (Wildman–Crippen MR) is 62.1 cm³/mol. The van der Waals surface area contributed by atoms with Gasteiger partial charge in [-0.25, -0.2) is 0 Å². The van der Waals surface area contributed by atoms with Crippen LogP contribution in [0, 0.1) is 17.8 Å². The van der Waals surface area contributed by atoms with E-state index in [4.69, 9.17) is 0 Å². The van der Waals surface area contributed by atoms with Gasteiger partial charge in [0.1, 0.15) is 0 Å². The molecule has 1 aliphatic rings. The van der Waals surface area contributed by atoms with Gasteiger partial charge < -0.3 is 0 Å². The van der Waals surface area contributed by atoms with Gasteiger partial charge in [0.2, 0.25) is 0 Å². The first-order chi connectivity index (χ1) is 5.11. The molecule has 0 radical (unpaired) electrons. The molecule has 0 amide bonds. The molecule has 0 aromatic rings. The molecule has 12 heavy (non-hydrogen) atoms. The summed E-state index contributed by atoms with van der Waals surface area (Å²) < 4.78 is 0. The van der Waals surface area contributed by atoms with E-state index in [1.54, 1.807) is 0 Å². The minimum absolute atomic E-state index is 0. The number of hydrogen-bond acceptors (Lipinski definition) is 0. The lowest BCUT2D eigenvalue weighted by molar-refractivity contribution is 0.244. The Bertz CT molecular complexity index is 125. The zero-order valence-corrected chi connectivity index (χ0v) is 10.4. The minimum Gasteiger partial charge on any atom is -0.147 e. The molecule has 1 aliphatic carbocycles. The molecule has 1 fully saturated rings. The Hall–Kier alpha value is 0.720. The molecule has 74 valence electrons. The van der Waals surface area contributed by atoms with E-state index in [9.17, 15) is 0 Å². The highest BCUT2D eigenvalue weighted by atomic mass is 35.5. The SMILES string of the molecule is CC1CCC(C(C)C)C(P)C1.Cl. The summed E-state index contributed by atoms with van der Waals surface area (Å²) in [5.41, 5.74) is 0.888. The number of halogens is 1. The predicted octanol–water partition coefficient (Wildman–Crippen LogP) is 3.74. The second kappa shape index (κ2) is 5.45. The van der Waals surface area contributed by atoms with E-state index in [1.807, 2.05) is 0 Å². The fraction of sp³-hybridized carbons (Fsp3) is 1.00. The molecule has 1 saturated carbocycles. The molecule has 0 aliphatic heterocycles. The Morgan fingerprint density at radius 1 is 1.25 bits per heavy atom. The smallest absolute Gasteiger partial charge is 0.0231 e. The van der Waals surface area contributed by atoms with Gasteiger partial charge in [-0.3, -0.25) is 0 Å². The van der Waals surface area contributed by atoms with Crippen LogP contribution in [0.3, 0.4) is 0 Å². The van der Waals surface area contributed by atoms with E-state index in [0.29, 0.717) is 0 Å². The molecule has 4 unspecified atom stereocenters. The molecule has 0 bridgehead atoms. The lowest BCUT2D eigenvalue weighted by Crippen LogP contribution is -2.27. The van der Waals surface area contributed by atoms with Gasteiger partial charge in [-0.2, -0.15) is 0 Å². The molecule has 0 heterocycles. The van der Waals surface area contributed by atoms with Gasteiger partial charge in [0.15, 0.2) is 0 Å². The molecule has 0 nitrogen and oxygen atoms in total. The van der Waals surface area contributed by atoms with Gasteiger partial charge in [0, 0.05) is 0 Å². The largest absolute Gasteiger partial charge is 0.147 e. The summed E-state index contributed by atoms with van der Waals surface area (Å²) >= 11 is 0. The van der Waals surface area contributed by atoms with Crippen molar-refractivity contribution in [1.29, 1.82) is 0 Å². The second-order valence-electron chi connectivity index (χ2n) is 4.49. The normalized spacial score (nSPS) is 36.2. The first kappa shape index (κ1) is 12.7. The average Bonchev–Trinajstić information content (AvgIpc) is 1.85. The molecule has 4 atom stereocenters. The summed E-state index contributed by atoms with van der Waals surface area (Å²) in [6.45, 7) is 7.10. The van der Waals surface area contributed by atoms with Gasteiger partial charge in [-0.05, 0) is 36.3 Å². The standard InChI is InChI=1S/C10H21P.ClH/c1-7(2)9-5-4-8(3)6-10(9)11;/h7-10H,4-6,11H2,1-3H3;1H. The number of rotatable bonds is 1. The molecule has 2 heteroatoms. The van der Waals surface area contributed by atoms with Crippen molar-refractivity contribution in [1.82, 2.24) is 0 Å². The van der Waals surface area contributed by atoms with Crippen LogP contribution in [0.1, 0.15) is 40.0 Å². The first-order valence-corrected chi connectivity index (χ1v) is 5.53. The summed E-state index contributed by atoms with van der Waals surface area (Å²) in [6.07, 6.45) is 4.33. The zero-order valence-electron chi connectivity index (χ0n) is 8.42. The van der Waals surface area contributed by atoms with Crippen LogP contribution >= 0.6 is 21.6 Å². The second-order valence-corrected chi connectivity index (χ2v) is 5.35. The van der Waals surface area contributed by atoms with Crippen LogP contribution in [0.4, 0.5) is 0 Å². The van der Waals surface area contributed by atoms with Crippen molar-refractivity contribution in [3.8, 4) is 0 Å². The Balaban J connectivity index is 0.00000121. The van der Waals surface area contributed by atoms with Crippen LogP contribution in [0.2, 0.25) is 0 Å². The van der Waals surface area contributed by atoms with Crippen molar-refractivity contribution in [2.24, 2.45) is 17.8 Å². The Kier molecular flexibility index (Phi) is 5.78. The van der Waals surface area contributed by atoms with E-state index in [0.717, 1.165) is 23.4 Å². The van der Waals surface area contributed by atoms with E-state index in [-0.39, 0.29) is 12.4 Å². The Labute approximate surface area is 85.5 Å². The summed E-state index contributed by atoms with van der Waals surface area (Å²) in [7, 11) is 3.04. The monoisotopic (exact) mass is 208 g/mol. The van der Waals surface area contributed by atoms with Gasteiger partial charge in [0.25, 0.3) is 0 Å². The maximum absolute atomic E-state index is 3.04. The lowest BCUT2D eigenvalue weighted by Gasteiger charge is -2.34. The minimum atomic E-state index is 0. The van der Waals surface area contributed by atoms with E-state index >= 15 is 0 Å². The summed E-state index contributed by atoms with van der Waals surface area (Å²) in [4.78, 5) is 0. The van der Waals surface area contributed by atoms with Crippen molar-refractivity contribution >= 4 is 21.6 Å². The molecule has 0 spiro atoms. The third-order valence-corrected chi connectivity index (χ3v) is 3.84. The van der Waals surface area contributed by atoms with Gasteiger partial charge >= 0.3 is 0 Å². The molecular formula is C10H22ClP. The lowest BCUT2D eigenvalue weighted by atomic mass is 9.77. The molecule has 0 saturated heterocycles. The highest BCUT2D eigenvalue weighted by Gasteiger charge is 2.27. The van der Waals surface area contributed by atoms with Crippen molar-refractivity contribution < 1.29 is 0 Å². The maximum Gasteiger partial charge on any atom is -0.0231 e. The van der Waals surface area contributed by atoms with E-state index < -0.39 is 0 Å². The highest BCUT2D eigenvalue weighted by molar-refractivity contribution is 7.17. The van der Waals surface area contributed by atoms with Crippen LogP contribution in [-0.4, -0.2) is 5.66 Å². The third kappa shape index (κ3) is 3.23. The topological polar surface area (TPSA) is 0 Å². The quantitative estimate of drug-likeness (QED) is 0.576.